The lowest BCUT2D eigenvalue weighted by Crippen LogP contribution is -2.40. The summed E-state index contributed by atoms with van der Waals surface area (Å²) in [6, 6.07) is 4.63. The molecule has 0 aromatic carbocycles. The molecule has 2 aliphatic rings. The first kappa shape index (κ1) is 20.6. The molecule has 1 aromatic heterocycles. The van der Waals surface area contributed by atoms with Crippen LogP contribution in [0.1, 0.15) is 74.5 Å². The number of hydrogen-bond donors (Lipinski definition) is 1. The predicted octanol–water partition coefficient (Wildman–Crippen LogP) is 6.58. The van der Waals surface area contributed by atoms with Crippen LogP contribution >= 0.6 is 11.3 Å². The van der Waals surface area contributed by atoms with Crippen LogP contribution in [0.3, 0.4) is 0 Å². The molecule has 0 spiro atoms. The Hall–Kier alpha value is -1.11. The molecule has 2 aliphatic carbocycles. The van der Waals surface area contributed by atoms with Gasteiger partial charge in [-0.05, 0) is 81.8 Å². The Kier molecular flexibility index (Phi) is 7.17. The minimum atomic E-state index is -0.208. The molecule has 2 saturated carbocycles. The first-order chi connectivity index (χ1) is 13.1. The van der Waals surface area contributed by atoms with Crippen molar-refractivity contribution in [2.75, 3.05) is 0 Å². The lowest BCUT2D eigenvalue weighted by molar-refractivity contribution is -0.0355. The molecule has 0 bridgehead atoms. The van der Waals surface area contributed by atoms with E-state index >= 15 is 0 Å². The van der Waals surface area contributed by atoms with E-state index in [0.29, 0.717) is 11.8 Å². The molecular weight excluding hydrogens is 350 g/mol. The Morgan fingerprint density at radius 1 is 1.37 bits per heavy atom. The van der Waals surface area contributed by atoms with Gasteiger partial charge in [0, 0.05) is 16.2 Å². The van der Waals surface area contributed by atoms with Crippen LogP contribution < -0.4 is 0 Å². The van der Waals surface area contributed by atoms with E-state index < -0.39 is 0 Å². The van der Waals surface area contributed by atoms with Crippen molar-refractivity contribution in [2.45, 2.75) is 90.2 Å². The minimum Gasteiger partial charge on any atom is -0.392 e. The third-order valence-electron chi connectivity index (χ3n) is 7.26. The molecule has 0 amide bonds. The fourth-order valence-electron chi connectivity index (χ4n) is 5.18. The Balaban J connectivity index is 1.51. The summed E-state index contributed by atoms with van der Waals surface area (Å²) in [7, 11) is 0. The van der Waals surface area contributed by atoms with Gasteiger partial charge in [-0.25, -0.2) is 6.57 Å². The average molecular weight is 386 g/mol. The van der Waals surface area contributed by atoms with E-state index in [2.05, 4.69) is 43.0 Å². The van der Waals surface area contributed by atoms with Crippen molar-refractivity contribution >= 4 is 11.3 Å². The van der Waals surface area contributed by atoms with Gasteiger partial charge in [0.2, 0.25) is 6.04 Å². The van der Waals surface area contributed by atoms with Crippen LogP contribution in [-0.2, 0) is 6.42 Å². The van der Waals surface area contributed by atoms with Crippen molar-refractivity contribution in [1.82, 2.24) is 0 Å². The van der Waals surface area contributed by atoms with Gasteiger partial charge in [0.15, 0.2) is 0 Å². The molecule has 0 saturated heterocycles. The fourth-order valence-corrected chi connectivity index (χ4v) is 6.11. The molecule has 3 heteroatoms. The molecule has 0 aliphatic heterocycles. The average Bonchev–Trinajstić information content (AvgIpc) is 3.21. The van der Waals surface area contributed by atoms with E-state index in [1.54, 1.807) is 0 Å². The van der Waals surface area contributed by atoms with Crippen molar-refractivity contribution in [3.8, 4) is 0 Å². The number of nitrogens with zero attached hydrogens (tertiary/aromatic N) is 1. The van der Waals surface area contributed by atoms with E-state index in [1.165, 1.54) is 54.7 Å². The maximum atomic E-state index is 10.6. The topological polar surface area (TPSA) is 24.6 Å². The first-order valence-corrected chi connectivity index (χ1v) is 11.7. The van der Waals surface area contributed by atoms with Crippen LogP contribution in [-0.4, -0.2) is 17.3 Å². The molecule has 2 nitrogen and oxygen atoms in total. The van der Waals surface area contributed by atoms with Crippen LogP contribution in [0.15, 0.2) is 24.3 Å². The van der Waals surface area contributed by atoms with Crippen LogP contribution in [0.5, 0.6) is 0 Å². The molecular formula is C24H35NOS. The largest absolute Gasteiger partial charge is 0.392 e. The van der Waals surface area contributed by atoms with Gasteiger partial charge in [0.25, 0.3) is 0 Å². The molecule has 2 unspecified atom stereocenters. The fraction of sp³-hybridized carbons (Fsp3) is 0.708. The van der Waals surface area contributed by atoms with Crippen LogP contribution in [0.25, 0.3) is 4.85 Å². The standard InChI is InChI=1S/C24H35NOS/c1-4-24(16-7-17-24)23(26)11-6-10-21-19(13-15-22(21)25-3)8-5-9-20-14-12-18(2)27-20/h6,10,12,14,19,21-23,26H,4-5,7-9,11,13,15-17H2,1-2H3/b10-6+/t19-,21?,22+,23?/m0/s1. The third-order valence-corrected chi connectivity index (χ3v) is 8.32. The molecule has 4 atom stereocenters. The zero-order valence-electron chi connectivity index (χ0n) is 17.0. The Morgan fingerprint density at radius 3 is 2.78 bits per heavy atom. The molecule has 2 fully saturated rings. The Morgan fingerprint density at radius 2 is 2.19 bits per heavy atom. The monoisotopic (exact) mass is 385 g/mol. The molecule has 1 heterocycles. The summed E-state index contributed by atoms with van der Waals surface area (Å²) in [6.45, 7) is 12.0. The maximum absolute atomic E-state index is 10.6. The summed E-state index contributed by atoms with van der Waals surface area (Å²) in [5, 5.41) is 10.6. The van der Waals surface area contributed by atoms with Crippen molar-refractivity contribution in [3.05, 3.63) is 45.5 Å². The van der Waals surface area contributed by atoms with Crippen LogP contribution in [0, 0.1) is 30.7 Å². The Labute approximate surface area is 169 Å². The van der Waals surface area contributed by atoms with E-state index in [9.17, 15) is 5.11 Å². The number of rotatable bonds is 9. The van der Waals surface area contributed by atoms with Crippen molar-refractivity contribution < 1.29 is 5.11 Å². The second-order valence-electron chi connectivity index (χ2n) is 8.76. The quantitative estimate of drug-likeness (QED) is 0.377. The summed E-state index contributed by atoms with van der Waals surface area (Å²) >= 11 is 1.91. The second kappa shape index (κ2) is 9.39. The molecule has 148 valence electrons. The highest BCUT2D eigenvalue weighted by Crippen LogP contribution is 2.47. The van der Waals surface area contributed by atoms with Crippen LogP contribution in [0.4, 0.5) is 0 Å². The van der Waals surface area contributed by atoms with E-state index in [0.717, 1.165) is 19.3 Å². The number of aliphatic hydroxyl groups excluding tert-OH is 1. The minimum absolute atomic E-state index is 0.149. The highest BCUT2D eigenvalue weighted by atomic mass is 32.1. The first-order valence-electron chi connectivity index (χ1n) is 10.8. The third kappa shape index (κ3) is 4.84. The lowest BCUT2D eigenvalue weighted by atomic mass is 9.63. The zero-order valence-corrected chi connectivity index (χ0v) is 17.8. The summed E-state index contributed by atoms with van der Waals surface area (Å²) < 4.78 is 0. The lowest BCUT2D eigenvalue weighted by Gasteiger charge is -2.45. The Bertz CT molecular complexity index is 661. The zero-order chi connectivity index (χ0) is 19.3. The summed E-state index contributed by atoms with van der Waals surface area (Å²) in [4.78, 5) is 6.81. The highest BCUT2D eigenvalue weighted by Gasteiger charge is 2.41. The number of hydrogen-bond acceptors (Lipinski definition) is 2. The number of thiophene rings is 1. The molecule has 0 radical (unpaired) electrons. The van der Waals surface area contributed by atoms with Gasteiger partial charge in [0.1, 0.15) is 0 Å². The molecule has 1 aromatic rings. The van der Waals surface area contributed by atoms with Crippen LogP contribution in [0.2, 0.25) is 0 Å². The van der Waals surface area contributed by atoms with Gasteiger partial charge >= 0.3 is 0 Å². The van der Waals surface area contributed by atoms with Gasteiger partial charge in [0.05, 0.1) is 12.0 Å². The van der Waals surface area contributed by atoms with Crippen molar-refractivity contribution in [3.63, 3.8) is 0 Å². The summed E-state index contributed by atoms with van der Waals surface area (Å²) in [5.41, 5.74) is 0.178. The summed E-state index contributed by atoms with van der Waals surface area (Å²) in [6.07, 6.45) is 15.6. The van der Waals surface area contributed by atoms with E-state index in [-0.39, 0.29) is 17.6 Å². The van der Waals surface area contributed by atoms with Gasteiger partial charge < -0.3 is 9.95 Å². The highest BCUT2D eigenvalue weighted by molar-refractivity contribution is 7.11. The van der Waals surface area contributed by atoms with Gasteiger partial charge in [-0.15, -0.1) is 11.3 Å². The van der Waals surface area contributed by atoms with Gasteiger partial charge in [-0.1, -0.05) is 25.5 Å². The number of aliphatic hydroxyl groups is 1. The smallest absolute Gasteiger partial charge is 0.230 e. The molecule has 1 N–H and O–H groups in total. The van der Waals surface area contributed by atoms with E-state index in [1.807, 2.05) is 11.3 Å². The second-order valence-corrected chi connectivity index (χ2v) is 10.1. The SMILES string of the molecule is [C-]#[N+][C@@H]1CC[C@H](CCCc2ccc(C)s2)C1/C=C/CC(O)C1(CC)CCC1. The van der Waals surface area contributed by atoms with Crippen molar-refractivity contribution in [1.29, 1.82) is 0 Å². The maximum Gasteiger partial charge on any atom is 0.230 e. The molecule has 27 heavy (non-hydrogen) atoms. The predicted molar refractivity (Wildman–Crippen MR) is 115 cm³/mol. The van der Waals surface area contributed by atoms with E-state index in [4.69, 9.17) is 6.57 Å². The number of aryl methyl sites for hydroxylation is 2. The summed E-state index contributed by atoms with van der Waals surface area (Å²) in [5.74, 6) is 1.03. The normalized spacial score (nSPS) is 28.1. The molecule has 3 rings (SSSR count). The van der Waals surface area contributed by atoms with Gasteiger partial charge in [-0.2, -0.15) is 0 Å². The van der Waals surface area contributed by atoms with Crippen molar-refractivity contribution in [2.24, 2.45) is 17.3 Å². The van der Waals surface area contributed by atoms with Gasteiger partial charge in [-0.3, -0.25) is 0 Å².